The molecule has 0 aliphatic rings. The van der Waals surface area contributed by atoms with Crippen molar-refractivity contribution in [1.29, 1.82) is 0 Å². The lowest BCUT2D eigenvalue weighted by Crippen LogP contribution is -2.28. The van der Waals surface area contributed by atoms with Gasteiger partial charge in [-0.1, -0.05) is 30.4 Å². The summed E-state index contributed by atoms with van der Waals surface area (Å²) in [6.45, 7) is 9.44. The Kier molecular flexibility index (Phi) is 8.44. The molecule has 15 heavy (non-hydrogen) atoms. The Morgan fingerprint density at radius 2 is 2.00 bits per heavy atom. The quantitative estimate of drug-likeness (QED) is 0.351. The molecule has 0 heterocycles. The lowest BCUT2D eigenvalue weighted by Gasteiger charge is -2.14. The standard InChI is InChI=1S/C13H21NO/c1-4-5-6-7-8-9-10-13(12(2)3)14-11-15/h4,7-8,11,13H,1-2,5-6,9-10H2,3H3,(H,14,15)/b8-7-. The van der Waals surface area contributed by atoms with Gasteiger partial charge in [-0.2, -0.15) is 0 Å². The van der Waals surface area contributed by atoms with Gasteiger partial charge in [-0.25, -0.2) is 0 Å². The van der Waals surface area contributed by atoms with E-state index in [0.717, 1.165) is 37.7 Å². The number of unbranched alkanes of at least 4 members (excludes halogenated alkanes) is 1. The maximum absolute atomic E-state index is 10.3. The Labute approximate surface area is 92.8 Å². The average Bonchev–Trinajstić information content (AvgIpc) is 2.21. The van der Waals surface area contributed by atoms with Gasteiger partial charge in [-0.15, -0.1) is 6.58 Å². The van der Waals surface area contributed by atoms with Crippen LogP contribution in [0.1, 0.15) is 32.6 Å². The van der Waals surface area contributed by atoms with Crippen molar-refractivity contribution < 1.29 is 4.79 Å². The van der Waals surface area contributed by atoms with Crippen molar-refractivity contribution in [2.24, 2.45) is 0 Å². The molecule has 0 aromatic carbocycles. The van der Waals surface area contributed by atoms with Gasteiger partial charge in [0, 0.05) is 6.04 Å². The molecule has 0 spiro atoms. The van der Waals surface area contributed by atoms with E-state index in [-0.39, 0.29) is 6.04 Å². The maximum Gasteiger partial charge on any atom is 0.207 e. The minimum atomic E-state index is 0.103. The summed E-state index contributed by atoms with van der Waals surface area (Å²) in [7, 11) is 0. The summed E-state index contributed by atoms with van der Waals surface area (Å²) in [5.41, 5.74) is 1.00. The van der Waals surface area contributed by atoms with Crippen molar-refractivity contribution in [3.05, 3.63) is 37.0 Å². The van der Waals surface area contributed by atoms with Crippen molar-refractivity contribution in [2.45, 2.75) is 38.6 Å². The van der Waals surface area contributed by atoms with Crippen LogP contribution in [0.15, 0.2) is 37.0 Å². The van der Waals surface area contributed by atoms with Crippen LogP contribution >= 0.6 is 0 Å². The predicted octanol–water partition coefficient (Wildman–Crippen LogP) is 2.98. The zero-order chi connectivity index (χ0) is 11.5. The number of amides is 1. The molecule has 1 unspecified atom stereocenters. The first kappa shape index (κ1) is 13.7. The summed E-state index contributed by atoms with van der Waals surface area (Å²) in [6.07, 6.45) is 10.9. The number of hydrogen-bond acceptors (Lipinski definition) is 1. The number of carbonyl (C=O) groups excluding carboxylic acids is 1. The van der Waals surface area contributed by atoms with Crippen LogP contribution in [-0.4, -0.2) is 12.5 Å². The Morgan fingerprint density at radius 3 is 2.53 bits per heavy atom. The van der Waals surface area contributed by atoms with Crippen LogP contribution in [0.4, 0.5) is 0 Å². The molecule has 1 N–H and O–H groups in total. The van der Waals surface area contributed by atoms with Crippen molar-refractivity contribution in [1.82, 2.24) is 5.32 Å². The van der Waals surface area contributed by atoms with Crippen molar-refractivity contribution in [3.8, 4) is 0 Å². The number of allylic oxidation sites excluding steroid dienone is 3. The Morgan fingerprint density at radius 1 is 1.33 bits per heavy atom. The number of hydrogen-bond donors (Lipinski definition) is 1. The molecule has 2 nitrogen and oxygen atoms in total. The van der Waals surface area contributed by atoms with Crippen LogP contribution in [0.5, 0.6) is 0 Å². The van der Waals surface area contributed by atoms with Gasteiger partial charge in [-0.3, -0.25) is 4.79 Å². The second kappa shape index (κ2) is 9.25. The van der Waals surface area contributed by atoms with Crippen LogP contribution < -0.4 is 5.32 Å². The summed E-state index contributed by atoms with van der Waals surface area (Å²) in [5, 5.41) is 2.75. The first-order valence-corrected chi connectivity index (χ1v) is 5.33. The molecule has 1 atom stereocenters. The molecule has 0 rings (SSSR count). The summed E-state index contributed by atoms with van der Waals surface area (Å²) in [6, 6.07) is 0.103. The van der Waals surface area contributed by atoms with Gasteiger partial charge in [0.2, 0.25) is 6.41 Å². The smallest absolute Gasteiger partial charge is 0.207 e. The fourth-order valence-corrected chi connectivity index (χ4v) is 1.27. The normalized spacial score (nSPS) is 12.3. The van der Waals surface area contributed by atoms with Crippen molar-refractivity contribution >= 4 is 6.41 Å². The number of rotatable bonds is 9. The van der Waals surface area contributed by atoms with Gasteiger partial charge in [-0.05, 0) is 32.6 Å². The number of carbonyl (C=O) groups is 1. The Hall–Kier alpha value is -1.31. The van der Waals surface area contributed by atoms with E-state index < -0.39 is 0 Å². The monoisotopic (exact) mass is 207 g/mol. The lowest BCUT2D eigenvalue weighted by atomic mass is 10.1. The van der Waals surface area contributed by atoms with E-state index in [4.69, 9.17) is 0 Å². The molecule has 0 radical (unpaired) electrons. The van der Waals surface area contributed by atoms with Gasteiger partial charge >= 0.3 is 0 Å². The van der Waals surface area contributed by atoms with Gasteiger partial charge in [0.05, 0.1) is 0 Å². The van der Waals surface area contributed by atoms with E-state index >= 15 is 0 Å². The van der Waals surface area contributed by atoms with Crippen LogP contribution in [-0.2, 0) is 4.79 Å². The fraction of sp³-hybridized carbons (Fsp3) is 0.462. The Balaban J connectivity index is 3.70. The molecule has 84 valence electrons. The highest BCUT2D eigenvalue weighted by atomic mass is 16.1. The molecule has 0 aliphatic carbocycles. The first-order valence-electron chi connectivity index (χ1n) is 5.33. The van der Waals surface area contributed by atoms with E-state index in [1.165, 1.54) is 0 Å². The van der Waals surface area contributed by atoms with Crippen molar-refractivity contribution in [3.63, 3.8) is 0 Å². The molecular formula is C13H21NO. The van der Waals surface area contributed by atoms with E-state index in [0.29, 0.717) is 0 Å². The third-order valence-electron chi connectivity index (χ3n) is 2.19. The lowest BCUT2D eigenvalue weighted by molar-refractivity contribution is -0.110. The molecule has 0 fully saturated rings. The summed E-state index contributed by atoms with van der Waals surface area (Å²) < 4.78 is 0. The van der Waals surface area contributed by atoms with Gasteiger partial charge in [0.15, 0.2) is 0 Å². The minimum absolute atomic E-state index is 0.103. The second-order valence-electron chi connectivity index (χ2n) is 3.60. The third kappa shape index (κ3) is 7.74. The second-order valence-corrected chi connectivity index (χ2v) is 3.60. The van der Waals surface area contributed by atoms with Crippen LogP contribution in [0, 0.1) is 0 Å². The highest BCUT2D eigenvalue weighted by Gasteiger charge is 2.05. The van der Waals surface area contributed by atoms with Gasteiger partial charge in [0.1, 0.15) is 0 Å². The predicted molar refractivity (Wildman–Crippen MR) is 65.6 cm³/mol. The molecule has 0 saturated carbocycles. The van der Waals surface area contributed by atoms with Gasteiger partial charge in [0.25, 0.3) is 0 Å². The average molecular weight is 207 g/mol. The SMILES string of the molecule is C=CCC/C=C\CCC(NC=O)C(=C)C. The first-order chi connectivity index (χ1) is 7.22. The summed E-state index contributed by atoms with van der Waals surface area (Å²) in [4.78, 5) is 10.3. The maximum atomic E-state index is 10.3. The molecule has 1 amide bonds. The van der Waals surface area contributed by atoms with E-state index in [9.17, 15) is 4.79 Å². The molecular weight excluding hydrogens is 186 g/mol. The van der Waals surface area contributed by atoms with E-state index in [2.05, 4.69) is 30.6 Å². The molecule has 0 aliphatic heterocycles. The summed E-state index contributed by atoms with van der Waals surface area (Å²) >= 11 is 0. The van der Waals surface area contributed by atoms with E-state index in [1.54, 1.807) is 0 Å². The molecule has 2 heteroatoms. The minimum Gasteiger partial charge on any atom is -0.352 e. The topological polar surface area (TPSA) is 29.1 Å². The van der Waals surface area contributed by atoms with Gasteiger partial charge < -0.3 is 5.32 Å². The van der Waals surface area contributed by atoms with Crippen LogP contribution in [0.3, 0.4) is 0 Å². The van der Waals surface area contributed by atoms with E-state index in [1.807, 2.05) is 13.0 Å². The molecule has 0 saturated heterocycles. The third-order valence-corrected chi connectivity index (χ3v) is 2.19. The van der Waals surface area contributed by atoms with Crippen LogP contribution in [0.2, 0.25) is 0 Å². The molecule has 0 aromatic heterocycles. The Bertz CT molecular complexity index is 231. The highest BCUT2D eigenvalue weighted by Crippen LogP contribution is 2.06. The zero-order valence-corrected chi connectivity index (χ0v) is 9.54. The number of nitrogens with one attached hydrogen (secondary N) is 1. The molecule has 0 aromatic rings. The van der Waals surface area contributed by atoms with Crippen LogP contribution in [0.25, 0.3) is 0 Å². The zero-order valence-electron chi connectivity index (χ0n) is 9.54. The molecule has 0 bridgehead atoms. The largest absolute Gasteiger partial charge is 0.352 e. The summed E-state index contributed by atoms with van der Waals surface area (Å²) in [5.74, 6) is 0. The van der Waals surface area contributed by atoms with Crippen molar-refractivity contribution in [2.75, 3.05) is 0 Å². The fourth-order valence-electron chi connectivity index (χ4n) is 1.27. The highest BCUT2D eigenvalue weighted by molar-refractivity contribution is 5.47.